The molecule has 2 rings (SSSR count). The number of hydrogen-bond acceptors (Lipinski definition) is 8. The monoisotopic (exact) mass is 576 g/mol. The molecule has 0 spiro atoms. The molecule has 2 saturated carbocycles. The minimum Gasteiger partial charge on any atom is -0.228 e. The molecule has 0 radical (unpaired) electrons. The van der Waals surface area contributed by atoms with Gasteiger partial charge in [0.05, 0.1) is 22.4 Å². The molecule has 40 heavy (non-hydrogen) atoms. The fraction of sp³-hybridized carbons (Fsp3) is 1.00. The van der Waals surface area contributed by atoms with Crippen LogP contribution in [0.4, 0.5) is 0 Å². The Balaban J connectivity index is 0.000000408. The summed E-state index contributed by atoms with van der Waals surface area (Å²) >= 11 is 0. The Morgan fingerprint density at radius 1 is 0.425 bits per heavy atom. The first kappa shape index (κ1) is 37.7. The highest BCUT2D eigenvalue weighted by Gasteiger charge is 2.41. The van der Waals surface area contributed by atoms with Gasteiger partial charge < -0.3 is 0 Å². The second-order valence-corrected chi connectivity index (χ2v) is 14.9. The normalized spacial score (nSPS) is 20.1. The van der Waals surface area contributed by atoms with Crippen LogP contribution in [0.3, 0.4) is 0 Å². The molecule has 0 aliphatic heterocycles. The maximum Gasteiger partial charge on any atom is 0.234 e. The first-order valence-corrected chi connectivity index (χ1v) is 15.8. The minimum atomic E-state index is -0.756. The molecule has 0 N–H and O–H groups in total. The van der Waals surface area contributed by atoms with Gasteiger partial charge in [0.1, 0.15) is 0 Å². The topological polar surface area (TPSA) is 73.8 Å². The Kier molecular flexibility index (Phi) is 15.6. The molecule has 2 aliphatic rings. The average Bonchev–Trinajstić information content (AvgIpc) is 2.85. The van der Waals surface area contributed by atoms with Crippen LogP contribution in [0.2, 0.25) is 0 Å². The van der Waals surface area contributed by atoms with E-state index in [1.165, 1.54) is 12.8 Å². The maximum atomic E-state index is 5.81. The zero-order valence-electron chi connectivity index (χ0n) is 28.2. The number of hydrogen-bond donors (Lipinski definition) is 0. The van der Waals surface area contributed by atoms with Gasteiger partial charge in [-0.1, -0.05) is 39.5 Å². The number of rotatable bonds is 14. The highest BCUT2D eigenvalue weighted by molar-refractivity contribution is 4.76. The lowest BCUT2D eigenvalue weighted by Gasteiger charge is -2.38. The van der Waals surface area contributed by atoms with Gasteiger partial charge in [0.2, 0.25) is 11.6 Å². The van der Waals surface area contributed by atoms with Crippen molar-refractivity contribution in [1.82, 2.24) is 0 Å². The molecule has 0 amide bonds. The predicted octanol–water partition coefficient (Wildman–Crippen LogP) is 9.84. The largest absolute Gasteiger partial charge is 0.234 e. The van der Waals surface area contributed by atoms with Crippen molar-refractivity contribution in [3.63, 3.8) is 0 Å². The van der Waals surface area contributed by atoms with Crippen molar-refractivity contribution in [3.05, 3.63) is 0 Å². The van der Waals surface area contributed by atoms with Crippen LogP contribution in [0.25, 0.3) is 0 Å². The van der Waals surface area contributed by atoms with E-state index in [0.717, 1.165) is 77.0 Å². The molecule has 8 heteroatoms. The molecule has 2 aliphatic carbocycles. The summed E-state index contributed by atoms with van der Waals surface area (Å²) in [5.74, 6) is -1.51. The van der Waals surface area contributed by atoms with Gasteiger partial charge in [-0.3, -0.25) is 0 Å². The van der Waals surface area contributed by atoms with Gasteiger partial charge in [0, 0.05) is 25.7 Å². The molecular formula is C32H64O8. The van der Waals surface area contributed by atoms with E-state index in [9.17, 15) is 0 Å². The molecule has 0 aromatic rings. The lowest BCUT2D eigenvalue weighted by atomic mass is 9.94. The lowest BCUT2D eigenvalue weighted by Crippen LogP contribution is -2.43. The van der Waals surface area contributed by atoms with Crippen LogP contribution in [-0.4, -0.2) is 34.0 Å². The van der Waals surface area contributed by atoms with Crippen LogP contribution in [-0.2, 0) is 39.1 Å². The summed E-state index contributed by atoms with van der Waals surface area (Å²) in [4.78, 5) is 45.1. The SMILES string of the molecule is CC(C)(C)OOC1(OOC(C)(C)C)CCCCC1.CCCC(C)(C)OOC1(OOC(C)(C)CCC)CCCCC1. The van der Waals surface area contributed by atoms with Crippen LogP contribution < -0.4 is 0 Å². The highest BCUT2D eigenvalue weighted by Crippen LogP contribution is 2.37. The summed E-state index contributed by atoms with van der Waals surface area (Å²) in [5, 5.41) is 0. The van der Waals surface area contributed by atoms with E-state index in [2.05, 4.69) is 41.5 Å². The Labute approximate surface area is 246 Å². The third-order valence-corrected chi connectivity index (χ3v) is 6.66. The first-order valence-electron chi connectivity index (χ1n) is 15.8. The molecule has 2 fully saturated rings. The van der Waals surface area contributed by atoms with Crippen molar-refractivity contribution < 1.29 is 39.1 Å². The first-order chi connectivity index (χ1) is 18.4. The second kappa shape index (κ2) is 16.5. The van der Waals surface area contributed by atoms with Crippen LogP contribution in [0.5, 0.6) is 0 Å². The van der Waals surface area contributed by atoms with E-state index in [0.29, 0.717) is 0 Å². The minimum absolute atomic E-state index is 0.304. The summed E-state index contributed by atoms with van der Waals surface area (Å²) in [6.45, 7) is 24.2. The quantitative estimate of drug-likeness (QED) is 0.115. The molecule has 0 heterocycles. The summed E-state index contributed by atoms with van der Waals surface area (Å²) in [6.07, 6.45) is 14.0. The summed E-state index contributed by atoms with van der Waals surface area (Å²) in [5.41, 5.74) is -1.31. The fourth-order valence-corrected chi connectivity index (χ4v) is 4.61. The molecule has 0 aromatic heterocycles. The Hall–Kier alpha value is -0.320. The van der Waals surface area contributed by atoms with Crippen LogP contribution in [0, 0.1) is 0 Å². The van der Waals surface area contributed by atoms with Crippen molar-refractivity contribution in [2.45, 2.75) is 207 Å². The summed E-state index contributed by atoms with van der Waals surface area (Å²) in [7, 11) is 0. The lowest BCUT2D eigenvalue weighted by molar-refractivity contribution is -0.548. The zero-order chi connectivity index (χ0) is 30.6. The van der Waals surface area contributed by atoms with Crippen LogP contribution in [0.1, 0.15) is 173 Å². The van der Waals surface area contributed by atoms with Gasteiger partial charge in [0.15, 0.2) is 0 Å². The maximum absolute atomic E-state index is 5.81. The van der Waals surface area contributed by atoms with E-state index >= 15 is 0 Å². The summed E-state index contributed by atoms with van der Waals surface area (Å²) < 4.78 is 0. The molecule has 0 saturated heterocycles. The van der Waals surface area contributed by atoms with Crippen molar-refractivity contribution >= 4 is 0 Å². The zero-order valence-corrected chi connectivity index (χ0v) is 28.2. The average molecular weight is 577 g/mol. The van der Waals surface area contributed by atoms with Crippen molar-refractivity contribution in [2.24, 2.45) is 0 Å². The molecule has 0 atom stereocenters. The Morgan fingerprint density at radius 2 is 0.700 bits per heavy atom. The molecular weight excluding hydrogens is 512 g/mol. The van der Waals surface area contributed by atoms with Crippen molar-refractivity contribution in [1.29, 1.82) is 0 Å². The third kappa shape index (κ3) is 16.4. The second-order valence-electron chi connectivity index (χ2n) is 14.9. The van der Waals surface area contributed by atoms with Gasteiger partial charge in [0.25, 0.3) is 0 Å². The molecule has 0 bridgehead atoms. The molecule has 0 unspecified atom stereocenters. The molecule has 240 valence electrons. The van der Waals surface area contributed by atoms with Crippen LogP contribution >= 0.6 is 0 Å². The van der Waals surface area contributed by atoms with Crippen LogP contribution in [0.15, 0.2) is 0 Å². The third-order valence-electron chi connectivity index (χ3n) is 6.66. The van der Waals surface area contributed by atoms with E-state index in [1.54, 1.807) is 0 Å². The molecule has 0 aromatic carbocycles. The van der Waals surface area contributed by atoms with E-state index < -0.39 is 11.6 Å². The summed E-state index contributed by atoms with van der Waals surface area (Å²) in [6, 6.07) is 0. The highest BCUT2D eigenvalue weighted by atomic mass is 17.3. The standard InChI is InChI=1S/C18H36O4.C14H28O4/c1-7-12-16(3,4)19-21-18(14-10-9-11-15-18)22-20-17(5,6)13-8-2;1-12(2,3)15-17-14(10-8-7-9-11-14)18-16-13(4,5)6/h7-15H2,1-6H3;7-11H2,1-6H3. The Bertz CT molecular complexity index is 621. The van der Waals surface area contributed by atoms with Gasteiger partial charge >= 0.3 is 0 Å². The molecule has 8 nitrogen and oxygen atoms in total. The van der Waals surface area contributed by atoms with Gasteiger partial charge in [-0.2, -0.15) is 19.6 Å². The smallest absolute Gasteiger partial charge is 0.228 e. The van der Waals surface area contributed by atoms with E-state index in [1.807, 2.05) is 41.5 Å². The van der Waals surface area contributed by atoms with Gasteiger partial charge in [-0.15, -0.1) is 0 Å². The predicted molar refractivity (Wildman–Crippen MR) is 158 cm³/mol. The van der Waals surface area contributed by atoms with Crippen molar-refractivity contribution in [2.75, 3.05) is 0 Å². The van der Waals surface area contributed by atoms with Gasteiger partial charge in [-0.05, 0) is 108 Å². The van der Waals surface area contributed by atoms with Crippen molar-refractivity contribution in [3.8, 4) is 0 Å². The fourth-order valence-electron chi connectivity index (χ4n) is 4.61. The Morgan fingerprint density at radius 3 is 0.950 bits per heavy atom. The van der Waals surface area contributed by atoms with Gasteiger partial charge in [-0.25, -0.2) is 19.6 Å². The van der Waals surface area contributed by atoms with E-state index in [4.69, 9.17) is 39.1 Å². The van der Waals surface area contributed by atoms with E-state index in [-0.39, 0.29) is 22.4 Å².